The number of aromatic nitrogens is 1. The molecule has 1 heterocycles. The van der Waals surface area contributed by atoms with Crippen molar-refractivity contribution < 1.29 is 4.79 Å². The van der Waals surface area contributed by atoms with Crippen molar-refractivity contribution in [1.82, 2.24) is 4.98 Å². The lowest BCUT2D eigenvalue weighted by molar-refractivity contribution is -0.117. The highest BCUT2D eigenvalue weighted by Crippen LogP contribution is 2.06. The van der Waals surface area contributed by atoms with Crippen LogP contribution in [0.2, 0.25) is 0 Å². The van der Waals surface area contributed by atoms with Gasteiger partial charge in [-0.1, -0.05) is 13.3 Å². The van der Waals surface area contributed by atoms with Crippen LogP contribution in [-0.4, -0.2) is 16.9 Å². The van der Waals surface area contributed by atoms with Gasteiger partial charge >= 0.3 is 0 Å². The second-order valence-electron chi connectivity index (χ2n) is 3.57. The molecule has 0 unspecified atom stereocenters. The molecular weight excluding hydrogens is 190 g/mol. The molecule has 0 radical (unpaired) electrons. The van der Waals surface area contributed by atoms with Gasteiger partial charge in [-0.2, -0.15) is 0 Å². The average molecular weight is 207 g/mol. The topological polar surface area (TPSA) is 68.0 Å². The number of nitrogens with two attached hydrogens (primary N) is 1. The largest absolute Gasteiger partial charge is 0.323 e. The van der Waals surface area contributed by atoms with Gasteiger partial charge in [0.05, 0.1) is 17.9 Å². The highest BCUT2D eigenvalue weighted by atomic mass is 16.2. The van der Waals surface area contributed by atoms with Gasteiger partial charge in [0.25, 0.3) is 0 Å². The Balaban J connectivity index is 2.54. The fraction of sp³-hybridized carbons (Fsp3) is 0.455. The van der Waals surface area contributed by atoms with Crippen molar-refractivity contribution in [2.24, 2.45) is 5.73 Å². The van der Waals surface area contributed by atoms with Crippen LogP contribution in [0.3, 0.4) is 0 Å². The predicted molar refractivity (Wildman–Crippen MR) is 60.5 cm³/mol. The molecule has 0 aliphatic heterocycles. The molecule has 4 heteroatoms. The van der Waals surface area contributed by atoms with Crippen LogP contribution in [0.15, 0.2) is 18.3 Å². The zero-order chi connectivity index (χ0) is 11.3. The maximum Gasteiger partial charge on any atom is 0.241 e. The highest BCUT2D eigenvalue weighted by Gasteiger charge is 2.11. The van der Waals surface area contributed by atoms with Crippen LogP contribution in [0.1, 0.15) is 25.5 Å². The van der Waals surface area contributed by atoms with Crippen LogP contribution in [0.4, 0.5) is 5.69 Å². The normalized spacial score (nSPS) is 12.2. The van der Waals surface area contributed by atoms with Crippen molar-refractivity contribution in [3.63, 3.8) is 0 Å². The van der Waals surface area contributed by atoms with E-state index in [1.807, 2.05) is 26.0 Å². The van der Waals surface area contributed by atoms with E-state index >= 15 is 0 Å². The molecule has 3 N–H and O–H groups in total. The summed E-state index contributed by atoms with van der Waals surface area (Å²) in [6.07, 6.45) is 3.23. The van der Waals surface area contributed by atoms with E-state index in [1.165, 1.54) is 0 Å². The molecule has 0 aromatic carbocycles. The third-order valence-electron chi connectivity index (χ3n) is 2.12. The summed E-state index contributed by atoms with van der Waals surface area (Å²) in [4.78, 5) is 15.6. The lowest BCUT2D eigenvalue weighted by atomic mass is 10.1. The lowest BCUT2D eigenvalue weighted by Gasteiger charge is -2.10. The summed E-state index contributed by atoms with van der Waals surface area (Å²) in [6.45, 7) is 3.90. The van der Waals surface area contributed by atoms with E-state index in [0.717, 1.165) is 12.1 Å². The second-order valence-corrected chi connectivity index (χ2v) is 3.57. The summed E-state index contributed by atoms with van der Waals surface area (Å²) in [7, 11) is 0. The number of nitrogens with one attached hydrogen (secondary N) is 1. The van der Waals surface area contributed by atoms with Crippen molar-refractivity contribution in [1.29, 1.82) is 0 Å². The van der Waals surface area contributed by atoms with Gasteiger partial charge in [0.1, 0.15) is 0 Å². The standard InChI is InChI=1S/C11H17N3O/c1-3-4-10(12)11(15)14-9-6-5-8(2)13-7-9/h5-7,10H,3-4,12H2,1-2H3,(H,14,15)/t10-/m1/s1. The highest BCUT2D eigenvalue weighted by molar-refractivity contribution is 5.94. The zero-order valence-corrected chi connectivity index (χ0v) is 9.16. The Morgan fingerprint density at radius 2 is 2.33 bits per heavy atom. The molecule has 0 fully saturated rings. The first-order chi connectivity index (χ1) is 7.13. The van der Waals surface area contributed by atoms with Crippen molar-refractivity contribution in [3.05, 3.63) is 24.0 Å². The molecule has 0 spiro atoms. The van der Waals surface area contributed by atoms with Gasteiger partial charge in [0.2, 0.25) is 5.91 Å². The van der Waals surface area contributed by atoms with Gasteiger partial charge in [-0.25, -0.2) is 0 Å². The number of carbonyl (C=O) groups excluding carboxylic acids is 1. The van der Waals surface area contributed by atoms with Gasteiger partial charge in [-0.15, -0.1) is 0 Å². The van der Waals surface area contributed by atoms with Gasteiger partial charge in [0.15, 0.2) is 0 Å². The number of anilines is 1. The predicted octanol–water partition coefficient (Wildman–Crippen LogP) is 1.46. The minimum Gasteiger partial charge on any atom is -0.323 e. The van der Waals surface area contributed by atoms with Crippen LogP contribution in [0.25, 0.3) is 0 Å². The molecule has 0 bridgehead atoms. The molecule has 15 heavy (non-hydrogen) atoms. The van der Waals surface area contributed by atoms with Gasteiger partial charge in [-0.05, 0) is 25.5 Å². The first-order valence-electron chi connectivity index (χ1n) is 5.12. The third-order valence-corrected chi connectivity index (χ3v) is 2.12. The van der Waals surface area contributed by atoms with Crippen LogP contribution in [-0.2, 0) is 4.79 Å². The Hall–Kier alpha value is -1.42. The first kappa shape index (κ1) is 11.7. The van der Waals surface area contributed by atoms with E-state index in [4.69, 9.17) is 5.73 Å². The molecule has 1 atom stereocenters. The molecule has 0 saturated heterocycles. The molecule has 82 valence electrons. The number of carbonyl (C=O) groups is 1. The van der Waals surface area contributed by atoms with Gasteiger partial charge in [-0.3, -0.25) is 9.78 Å². The number of rotatable bonds is 4. The van der Waals surface area contributed by atoms with Crippen molar-refractivity contribution in [2.45, 2.75) is 32.7 Å². The van der Waals surface area contributed by atoms with E-state index in [0.29, 0.717) is 12.1 Å². The molecule has 4 nitrogen and oxygen atoms in total. The summed E-state index contributed by atoms with van der Waals surface area (Å²) >= 11 is 0. The molecule has 0 aliphatic rings. The second kappa shape index (κ2) is 5.46. The number of hydrogen-bond acceptors (Lipinski definition) is 3. The Kier molecular flexibility index (Phi) is 4.24. The molecule has 0 saturated carbocycles. The van der Waals surface area contributed by atoms with E-state index < -0.39 is 6.04 Å². The van der Waals surface area contributed by atoms with Crippen molar-refractivity contribution in [2.75, 3.05) is 5.32 Å². The number of amides is 1. The van der Waals surface area contributed by atoms with E-state index in [9.17, 15) is 4.79 Å². The van der Waals surface area contributed by atoms with E-state index in [1.54, 1.807) is 6.20 Å². The molecule has 1 aromatic heterocycles. The summed E-state index contributed by atoms with van der Waals surface area (Å²) < 4.78 is 0. The Bertz CT molecular complexity index is 321. The number of pyridine rings is 1. The fourth-order valence-electron chi connectivity index (χ4n) is 1.22. The minimum absolute atomic E-state index is 0.150. The molecule has 1 rings (SSSR count). The Morgan fingerprint density at radius 1 is 1.60 bits per heavy atom. The quantitative estimate of drug-likeness (QED) is 0.785. The zero-order valence-electron chi connectivity index (χ0n) is 9.16. The molecule has 1 aromatic rings. The minimum atomic E-state index is -0.434. The van der Waals surface area contributed by atoms with E-state index in [-0.39, 0.29) is 5.91 Å². The Morgan fingerprint density at radius 3 is 2.87 bits per heavy atom. The fourth-order valence-corrected chi connectivity index (χ4v) is 1.22. The number of hydrogen-bond donors (Lipinski definition) is 2. The molecule has 0 aliphatic carbocycles. The van der Waals surface area contributed by atoms with Crippen LogP contribution < -0.4 is 11.1 Å². The van der Waals surface area contributed by atoms with Crippen LogP contribution >= 0.6 is 0 Å². The van der Waals surface area contributed by atoms with Crippen molar-refractivity contribution >= 4 is 11.6 Å². The lowest BCUT2D eigenvalue weighted by Crippen LogP contribution is -2.35. The van der Waals surface area contributed by atoms with Crippen molar-refractivity contribution in [3.8, 4) is 0 Å². The Labute approximate surface area is 89.9 Å². The summed E-state index contributed by atoms with van der Waals surface area (Å²) in [5.41, 5.74) is 7.29. The summed E-state index contributed by atoms with van der Waals surface area (Å²) in [6, 6.07) is 3.23. The smallest absolute Gasteiger partial charge is 0.241 e. The van der Waals surface area contributed by atoms with Gasteiger partial charge in [0, 0.05) is 5.69 Å². The molecule has 1 amide bonds. The monoisotopic (exact) mass is 207 g/mol. The van der Waals surface area contributed by atoms with Crippen LogP contribution in [0, 0.1) is 6.92 Å². The van der Waals surface area contributed by atoms with E-state index in [2.05, 4.69) is 10.3 Å². The molecular formula is C11H17N3O. The maximum atomic E-state index is 11.5. The van der Waals surface area contributed by atoms with Gasteiger partial charge < -0.3 is 11.1 Å². The van der Waals surface area contributed by atoms with Crippen LogP contribution in [0.5, 0.6) is 0 Å². The first-order valence-corrected chi connectivity index (χ1v) is 5.12. The number of nitrogens with zero attached hydrogens (tertiary/aromatic N) is 1. The SMILES string of the molecule is CCC[C@@H](N)C(=O)Nc1ccc(C)nc1. The third kappa shape index (κ3) is 3.67. The summed E-state index contributed by atoms with van der Waals surface area (Å²) in [5, 5.41) is 2.73. The average Bonchev–Trinajstić information content (AvgIpc) is 2.22. The summed E-state index contributed by atoms with van der Waals surface area (Å²) in [5.74, 6) is -0.150. The maximum absolute atomic E-state index is 11.5. The number of aryl methyl sites for hydroxylation is 1.